The zero-order valence-corrected chi connectivity index (χ0v) is 27.8. The first kappa shape index (κ1) is 33.2. The van der Waals surface area contributed by atoms with Crippen LogP contribution < -0.4 is 9.62 Å². The highest BCUT2D eigenvalue weighted by Crippen LogP contribution is 2.29. The molecule has 4 rings (SSSR count). The van der Waals surface area contributed by atoms with E-state index in [-0.39, 0.29) is 23.8 Å². The minimum atomic E-state index is -4.18. The molecule has 0 aliphatic carbocycles. The van der Waals surface area contributed by atoms with Gasteiger partial charge >= 0.3 is 0 Å². The van der Waals surface area contributed by atoms with Crippen molar-refractivity contribution in [3.05, 3.63) is 129 Å². The molecule has 0 radical (unpaired) electrons. The minimum Gasteiger partial charge on any atom is -0.354 e. The van der Waals surface area contributed by atoms with Crippen LogP contribution in [-0.2, 0) is 32.6 Å². The molecule has 230 valence electrons. The largest absolute Gasteiger partial charge is 0.354 e. The summed E-state index contributed by atoms with van der Waals surface area (Å²) in [5.41, 5.74) is 2.58. The van der Waals surface area contributed by atoms with Crippen molar-refractivity contribution in [1.29, 1.82) is 0 Å². The maximum absolute atomic E-state index is 14.5. The van der Waals surface area contributed by atoms with Gasteiger partial charge in [-0.2, -0.15) is 0 Å². The van der Waals surface area contributed by atoms with Gasteiger partial charge in [0.15, 0.2) is 0 Å². The summed E-state index contributed by atoms with van der Waals surface area (Å²) in [6.45, 7) is 3.72. The van der Waals surface area contributed by atoms with Crippen LogP contribution in [0.25, 0.3) is 0 Å². The second-order valence-electron chi connectivity index (χ2n) is 10.4. The lowest BCUT2D eigenvalue weighted by Gasteiger charge is -2.34. The van der Waals surface area contributed by atoms with Gasteiger partial charge in [-0.25, -0.2) is 8.42 Å². The van der Waals surface area contributed by atoms with E-state index in [9.17, 15) is 18.0 Å². The SMILES string of the molecule is CCCNC(=O)C(Cc1ccccc1)N(Cc1ccc(Br)cc1)C(=O)CN(c1ccc(Cl)cc1C)S(=O)(=O)c1ccccc1. The summed E-state index contributed by atoms with van der Waals surface area (Å²) in [7, 11) is -4.18. The van der Waals surface area contributed by atoms with Crippen LogP contribution in [0.1, 0.15) is 30.0 Å². The topological polar surface area (TPSA) is 86.8 Å². The van der Waals surface area contributed by atoms with Gasteiger partial charge in [-0.15, -0.1) is 0 Å². The van der Waals surface area contributed by atoms with Crippen LogP contribution in [0.15, 0.2) is 112 Å². The first-order valence-corrected chi connectivity index (χ1v) is 16.9. The Morgan fingerprint density at radius 3 is 2.14 bits per heavy atom. The van der Waals surface area contributed by atoms with E-state index < -0.39 is 28.5 Å². The normalized spacial score (nSPS) is 11.9. The number of benzene rings is 4. The Bertz CT molecular complexity index is 1670. The lowest BCUT2D eigenvalue weighted by molar-refractivity contribution is -0.140. The molecule has 44 heavy (non-hydrogen) atoms. The standard InChI is InChI=1S/C34H35BrClN3O4S/c1-3-20-37-34(41)32(22-26-10-6-4-7-11-26)38(23-27-14-16-28(35)17-15-27)33(40)24-39(31-19-18-29(36)21-25(31)2)44(42,43)30-12-8-5-9-13-30/h4-19,21,32H,3,20,22-24H2,1-2H3,(H,37,41). The van der Waals surface area contributed by atoms with E-state index >= 15 is 0 Å². The minimum absolute atomic E-state index is 0.0446. The van der Waals surface area contributed by atoms with Crippen molar-refractivity contribution in [3.8, 4) is 0 Å². The molecule has 0 spiro atoms. The first-order chi connectivity index (χ1) is 21.1. The number of carbonyl (C=O) groups excluding carboxylic acids is 2. The molecule has 0 fully saturated rings. The monoisotopic (exact) mass is 695 g/mol. The fourth-order valence-corrected chi connectivity index (χ4v) is 6.83. The number of sulfonamides is 1. The van der Waals surface area contributed by atoms with Crippen LogP contribution in [0, 0.1) is 6.92 Å². The number of amides is 2. The maximum atomic E-state index is 14.5. The van der Waals surface area contributed by atoms with Gasteiger partial charge in [0.25, 0.3) is 10.0 Å². The summed E-state index contributed by atoms with van der Waals surface area (Å²) in [6, 6.07) is 28.9. The molecule has 4 aromatic carbocycles. The molecule has 0 aromatic heterocycles. The Morgan fingerprint density at radius 1 is 0.886 bits per heavy atom. The number of aryl methyl sites for hydroxylation is 1. The molecule has 0 saturated heterocycles. The van der Waals surface area contributed by atoms with Gasteiger partial charge in [-0.1, -0.05) is 95.1 Å². The van der Waals surface area contributed by atoms with Crippen molar-refractivity contribution in [3.63, 3.8) is 0 Å². The van der Waals surface area contributed by atoms with E-state index in [4.69, 9.17) is 11.6 Å². The summed E-state index contributed by atoms with van der Waals surface area (Å²) in [6.07, 6.45) is 0.980. The van der Waals surface area contributed by atoms with E-state index in [2.05, 4.69) is 21.2 Å². The van der Waals surface area contributed by atoms with E-state index in [1.54, 1.807) is 43.3 Å². The van der Waals surface area contributed by atoms with Crippen molar-refractivity contribution >= 4 is 55.1 Å². The molecule has 0 bridgehead atoms. The number of rotatable bonds is 13. The van der Waals surface area contributed by atoms with Gasteiger partial charge in [0.1, 0.15) is 12.6 Å². The van der Waals surface area contributed by atoms with Crippen LogP contribution >= 0.6 is 27.5 Å². The second-order valence-corrected chi connectivity index (χ2v) is 13.6. The highest BCUT2D eigenvalue weighted by atomic mass is 79.9. The predicted molar refractivity (Wildman–Crippen MR) is 179 cm³/mol. The Balaban J connectivity index is 1.81. The molecule has 0 heterocycles. The zero-order chi connectivity index (χ0) is 31.7. The second kappa shape index (κ2) is 15.4. The van der Waals surface area contributed by atoms with Gasteiger partial charge in [0, 0.05) is 29.0 Å². The molecule has 4 aromatic rings. The number of hydrogen-bond donors (Lipinski definition) is 1. The molecular formula is C34H35BrClN3O4S. The number of nitrogens with zero attached hydrogens (tertiary/aromatic N) is 2. The van der Waals surface area contributed by atoms with Crippen LogP contribution in [0.3, 0.4) is 0 Å². The quantitative estimate of drug-likeness (QED) is 0.167. The third kappa shape index (κ3) is 8.49. The van der Waals surface area contributed by atoms with Gasteiger partial charge in [-0.05, 0) is 72.5 Å². The Labute approximate surface area is 273 Å². The Kier molecular flexibility index (Phi) is 11.6. The van der Waals surface area contributed by atoms with Crippen molar-refractivity contribution in [2.75, 3.05) is 17.4 Å². The molecule has 7 nitrogen and oxygen atoms in total. The van der Waals surface area contributed by atoms with Crippen molar-refractivity contribution in [1.82, 2.24) is 10.2 Å². The number of carbonyl (C=O) groups is 2. The first-order valence-electron chi connectivity index (χ1n) is 14.3. The van der Waals surface area contributed by atoms with Crippen LogP contribution in [0.4, 0.5) is 5.69 Å². The summed E-state index contributed by atoms with van der Waals surface area (Å²) in [5, 5.41) is 3.40. The zero-order valence-electron chi connectivity index (χ0n) is 24.6. The molecule has 1 N–H and O–H groups in total. The van der Waals surface area contributed by atoms with E-state index in [1.165, 1.54) is 17.0 Å². The summed E-state index contributed by atoms with van der Waals surface area (Å²) in [5.74, 6) is -0.823. The smallest absolute Gasteiger partial charge is 0.264 e. The molecule has 0 saturated carbocycles. The molecule has 1 unspecified atom stereocenters. The molecule has 0 aliphatic heterocycles. The van der Waals surface area contributed by atoms with Crippen molar-refractivity contribution in [2.45, 2.75) is 44.2 Å². The van der Waals surface area contributed by atoms with Gasteiger partial charge in [-0.3, -0.25) is 13.9 Å². The summed E-state index contributed by atoms with van der Waals surface area (Å²) < 4.78 is 30.2. The van der Waals surface area contributed by atoms with Crippen LogP contribution in [0.2, 0.25) is 5.02 Å². The lowest BCUT2D eigenvalue weighted by Crippen LogP contribution is -2.53. The van der Waals surface area contributed by atoms with Crippen LogP contribution in [0.5, 0.6) is 0 Å². The average molecular weight is 697 g/mol. The van der Waals surface area contributed by atoms with E-state index in [0.717, 1.165) is 26.3 Å². The number of anilines is 1. The van der Waals surface area contributed by atoms with Gasteiger partial charge < -0.3 is 10.2 Å². The number of nitrogens with one attached hydrogen (secondary N) is 1. The van der Waals surface area contributed by atoms with Crippen molar-refractivity contribution < 1.29 is 18.0 Å². The fourth-order valence-electron chi connectivity index (χ4n) is 4.84. The summed E-state index contributed by atoms with van der Waals surface area (Å²) in [4.78, 5) is 29.7. The van der Waals surface area contributed by atoms with Crippen LogP contribution in [-0.4, -0.2) is 44.3 Å². The molecular weight excluding hydrogens is 662 g/mol. The van der Waals surface area contributed by atoms with E-state index in [0.29, 0.717) is 22.8 Å². The Hall–Kier alpha value is -3.66. The highest BCUT2D eigenvalue weighted by Gasteiger charge is 2.35. The van der Waals surface area contributed by atoms with Crippen molar-refractivity contribution in [2.24, 2.45) is 0 Å². The Morgan fingerprint density at radius 2 is 1.52 bits per heavy atom. The third-order valence-corrected chi connectivity index (χ3v) is 9.66. The third-order valence-electron chi connectivity index (χ3n) is 7.12. The van der Waals surface area contributed by atoms with E-state index in [1.807, 2.05) is 61.5 Å². The molecule has 10 heteroatoms. The van der Waals surface area contributed by atoms with Gasteiger partial charge in [0.05, 0.1) is 10.6 Å². The average Bonchev–Trinajstić information content (AvgIpc) is 3.02. The highest BCUT2D eigenvalue weighted by molar-refractivity contribution is 9.10. The maximum Gasteiger partial charge on any atom is 0.264 e. The summed E-state index contributed by atoms with van der Waals surface area (Å²) >= 11 is 9.67. The fraction of sp³-hybridized carbons (Fsp3) is 0.235. The molecule has 0 aliphatic rings. The number of hydrogen-bond acceptors (Lipinski definition) is 4. The van der Waals surface area contributed by atoms with Gasteiger partial charge in [0.2, 0.25) is 11.8 Å². The lowest BCUT2D eigenvalue weighted by atomic mass is 10.0. The number of halogens is 2. The predicted octanol–water partition coefficient (Wildman–Crippen LogP) is 6.77. The molecule has 2 amide bonds. The molecule has 1 atom stereocenters.